The van der Waals surface area contributed by atoms with Gasteiger partial charge in [-0.1, -0.05) is 13.0 Å². The molecule has 4 rings (SSSR count). The van der Waals surface area contributed by atoms with Crippen molar-refractivity contribution in [1.82, 2.24) is 14.8 Å². The molecular weight excluding hydrogens is 422 g/mol. The number of aryl methyl sites for hydroxylation is 1. The predicted molar refractivity (Wildman–Crippen MR) is 117 cm³/mol. The van der Waals surface area contributed by atoms with Crippen LogP contribution in [-0.4, -0.2) is 39.8 Å². The number of hydrogen-bond acceptors (Lipinski definition) is 6. The first kappa shape index (κ1) is 21.4. The van der Waals surface area contributed by atoms with Crippen LogP contribution in [0.1, 0.15) is 30.3 Å². The number of aromatic nitrogens is 3. The van der Waals surface area contributed by atoms with Gasteiger partial charge in [0.25, 0.3) is 5.91 Å². The Hall–Kier alpha value is -2.85. The van der Waals surface area contributed by atoms with E-state index >= 15 is 0 Å². The number of nitrogens with two attached hydrogens (primary N) is 1. The first-order valence-electron chi connectivity index (χ1n) is 10.1. The minimum atomic E-state index is -0.718. The van der Waals surface area contributed by atoms with Gasteiger partial charge in [-0.15, -0.1) is 11.3 Å². The third-order valence-corrected chi connectivity index (χ3v) is 6.24. The fourth-order valence-electron chi connectivity index (χ4n) is 3.97. The molecule has 2 aromatic heterocycles. The molecule has 164 valence electrons. The van der Waals surface area contributed by atoms with Crippen molar-refractivity contribution < 1.29 is 13.6 Å². The van der Waals surface area contributed by atoms with Crippen molar-refractivity contribution in [2.75, 3.05) is 23.3 Å². The van der Waals surface area contributed by atoms with Gasteiger partial charge in [-0.2, -0.15) is 5.10 Å². The molecule has 3 aromatic rings. The van der Waals surface area contributed by atoms with Crippen molar-refractivity contribution in [3.63, 3.8) is 0 Å². The van der Waals surface area contributed by atoms with E-state index in [1.165, 1.54) is 11.4 Å². The number of hydrogen-bond donors (Lipinski definition) is 2. The van der Waals surface area contributed by atoms with E-state index in [0.717, 1.165) is 55.2 Å². The highest BCUT2D eigenvalue weighted by atomic mass is 32.1. The van der Waals surface area contributed by atoms with E-state index in [0.29, 0.717) is 11.6 Å². The number of amides is 1. The molecule has 3 N–H and O–H groups in total. The van der Waals surface area contributed by atoms with Crippen molar-refractivity contribution in [1.29, 1.82) is 0 Å². The molecule has 0 aliphatic carbocycles. The Morgan fingerprint density at radius 1 is 1.32 bits per heavy atom. The molecule has 1 saturated heterocycles. The standard InChI is InChI=1S/C21H24F2N6OS/c1-12-8-13(24)6-7-29(10-12)21-16(9-25-28(21)2)26-19(30)17-11-31-20(27-17)18-14(22)4-3-5-15(18)23/h3-5,9,11-13H,6-8,10,24H2,1-2H3,(H,26,30). The topological polar surface area (TPSA) is 89.1 Å². The Labute approximate surface area is 182 Å². The summed E-state index contributed by atoms with van der Waals surface area (Å²) in [6.07, 6.45) is 3.39. The van der Waals surface area contributed by atoms with Gasteiger partial charge in [-0.05, 0) is 30.9 Å². The maximum Gasteiger partial charge on any atom is 0.275 e. The van der Waals surface area contributed by atoms with Crippen LogP contribution in [0.4, 0.5) is 20.3 Å². The molecule has 1 fully saturated rings. The normalized spacial score (nSPS) is 19.3. The fourth-order valence-corrected chi connectivity index (χ4v) is 4.81. The second-order valence-electron chi connectivity index (χ2n) is 7.93. The summed E-state index contributed by atoms with van der Waals surface area (Å²) in [4.78, 5) is 19.2. The average Bonchev–Trinajstić information content (AvgIpc) is 3.28. The lowest BCUT2D eigenvalue weighted by molar-refractivity contribution is 0.102. The Morgan fingerprint density at radius 3 is 2.81 bits per heavy atom. The Balaban J connectivity index is 1.56. The van der Waals surface area contributed by atoms with E-state index in [-0.39, 0.29) is 22.3 Å². The smallest absolute Gasteiger partial charge is 0.275 e. The molecule has 1 aliphatic heterocycles. The lowest BCUT2D eigenvalue weighted by Gasteiger charge is -2.25. The van der Waals surface area contributed by atoms with Crippen molar-refractivity contribution in [2.24, 2.45) is 18.7 Å². The van der Waals surface area contributed by atoms with Crippen LogP contribution >= 0.6 is 11.3 Å². The molecule has 31 heavy (non-hydrogen) atoms. The van der Waals surface area contributed by atoms with E-state index in [1.54, 1.807) is 10.9 Å². The summed E-state index contributed by atoms with van der Waals surface area (Å²) in [5.41, 5.74) is 6.58. The van der Waals surface area contributed by atoms with Gasteiger partial charge in [0.15, 0.2) is 5.82 Å². The second kappa shape index (κ2) is 8.72. The van der Waals surface area contributed by atoms with Gasteiger partial charge in [0.1, 0.15) is 28.0 Å². The summed E-state index contributed by atoms with van der Waals surface area (Å²) < 4.78 is 29.8. The SMILES string of the molecule is CC1CC(N)CCN(c2c(NC(=O)c3csc(-c4c(F)cccc4F)n3)cnn2C)C1. The van der Waals surface area contributed by atoms with Gasteiger partial charge in [0.2, 0.25) is 0 Å². The highest BCUT2D eigenvalue weighted by Crippen LogP contribution is 2.31. The first-order chi connectivity index (χ1) is 14.8. The molecule has 3 heterocycles. The summed E-state index contributed by atoms with van der Waals surface area (Å²) in [5.74, 6) is -0.695. The fraction of sp³-hybridized carbons (Fsp3) is 0.381. The molecule has 0 saturated carbocycles. The van der Waals surface area contributed by atoms with Crippen LogP contribution in [0.25, 0.3) is 10.6 Å². The minimum absolute atomic E-state index is 0.0868. The Kier molecular flexibility index (Phi) is 6.01. The highest BCUT2D eigenvalue weighted by Gasteiger charge is 2.25. The zero-order chi connectivity index (χ0) is 22.1. The largest absolute Gasteiger partial charge is 0.355 e. The van der Waals surface area contributed by atoms with Gasteiger partial charge in [0, 0.05) is 31.6 Å². The number of benzene rings is 1. The number of carbonyl (C=O) groups excluding carboxylic acids is 1. The predicted octanol–water partition coefficient (Wildman–Crippen LogP) is 3.64. The van der Waals surface area contributed by atoms with Crippen LogP contribution in [0.15, 0.2) is 29.8 Å². The number of halogens is 2. The lowest BCUT2D eigenvalue weighted by Crippen LogP contribution is -2.30. The number of thiazole rings is 1. The van der Waals surface area contributed by atoms with E-state index in [1.807, 2.05) is 7.05 Å². The van der Waals surface area contributed by atoms with Gasteiger partial charge >= 0.3 is 0 Å². The molecular formula is C21H24F2N6OS. The van der Waals surface area contributed by atoms with Crippen molar-refractivity contribution in [3.05, 3.63) is 47.1 Å². The molecule has 0 bridgehead atoms. The number of nitrogens with zero attached hydrogens (tertiary/aromatic N) is 4. The monoisotopic (exact) mass is 446 g/mol. The highest BCUT2D eigenvalue weighted by molar-refractivity contribution is 7.13. The number of nitrogens with one attached hydrogen (secondary N) is 1. The van der Waals surface area contributed by atoms with Gasteiger partial charge < -0.3 is 16.0 Å². The summed E-state index contributed by atoms with van der Waals surface area (Å²) in [5, 5.41) is 8.75. The van der Waals surface area contributed by atoms with Crippen LogP contribution in [0.5, 0.6) is 0 Å². The van der Waals surface area contributed by atoms with E-state index in [4.69, 9.17) is 5.73 Å². The number of rotatable bonds is 4. The van der Waals surface area contributed by atoms with E-state index in [9.17, 15) is 13.6 Å². The zero-order valence-corrected chi connectivity index (χ0v) is 18.1. The second-order valence-corrected chi connectivity index (χ2v) is 8.79. The quantitative estimate of drug-likeness (QED) is 0.639. The molecule has 0 spiro atoms. The maximum atomic E-state index is 14.0. The molecule has 1 amide bonds. The van der Waals surface area contributed by atoms with Crippen LogP contribution < -0.4 is 16.0 Å². The van der Waals surface area contributed by atoms with Gasteiger partial charge in [-0.3, -0.25) is 9.48 Å². The number of carbonyl (C=O) groups is 1. The first-order valence-corrected chi connectivity index (χ1v) is 10.9. The van der Waals surface area contributed by atoms with Crippen molar-refractivity contribution in [2.45, 2.75) is 25.8 Å². The molecule has 2 unspecified atom stereocenters. The van der Waals surface area contributed by atoms with Crippen molar-refractivity contribution in [3.8, 4) is 10.6 Å². The summed E-state index contributed by atoms with van der Waals surface area (Å²) >= 11 is 1.01. The third kappa shape index (κ3) is 4.45. The zero-order valence-electron chi connectivity index (χ0n) is 17.3. The Bertz CT molecular complexity index is 1080. The third-order valence-electron chi connectivity index (χ3n) is 5.38. The molecule has 10 heteroatoms. The summed E-state index contributed by atoms with van der Waals surface area (Å²) in [7, 11) is 1.82. The molecule has 1 aromatic carbocycles. The van der Waals surface area contributed by atoms with Crippen LogP contribution in [0.3, 0.4) is 0 Å². The van der Waals surface area contributed by atoms with Crippen LogP contribution in [0, 0.1) is 17.6 Å². The van der Waals surface area contributed by atoms with E-state index < -0.39 is 17.5 Å². The molecule has 0 radical (unpaired) electrons. The van der Waals surface area contributed by atoms with Crippen molar-refractivity contribution >= 4 is 28.7 Å². The maximum absolute atomic E-state index is 14.0. The average molecular weight is 447 g/mol. The molecule has 2 atom stereocenters. The lowest BCUT2D eigenvalue weighted by atomic mass is 10.0. The van der Waals surface area contributed by atoms with Gasteiger partial charge in [-0.25, -0.2) is 13.8 Å². The number of anilines is 2. The van der Waals surface area contributed by atoms with Gasteiger partial charge in [0.05, 0.1) is 11.8 Å². The Morgan fingerprint density at radius 2 is 2.06 bits per heavy atom. The van der Waals surface area contributed by atoms with E-state index in [2.05, 4.69) is 27.2 Å². The van der Waals surface area contributed by atoms with Crippen LogP contribution in [-0.2, 0) is 7.05 Å². The molecule has 7 nitrogen and oxygen atoms in total. The minimum Gasteiger partial charge on any atom is -0.355 e. The summed E-state index contributed by atoms with van der Waals surface area (Å²) in [6, 6.07) is 3.76. The molecule has 1 aliphatic rings. The van der Waals surface area contributed by atoms with Crippen LogP contribution in [0.2, 0.25) is 0 Å². The summed E-state index contributed by atoms with van der Waals surface area (Å²) in [6.45, 7) is 3.73.